The van der Waals surface area contributed by atoms with Gasteiger partial charge in [-0.25, -0.2) is 9.78 Å². The summed E-state index contributed by atoms with van der Waals surface area (Å²) in [5.41, 5.74) is 5.97. The van der Waals surface area contributed by atoms with E-state index in [9.17, 15) is 4.79 Å². The Morgan fingerprint density at radius 2 is 1.86 bits per heavy atom. The van der Waals surface area contributed by atoms with Gasteiger partial charge in [-0.1, -0.05) is 24.3 Å². The molecule has 0 unspecified atom stereocenters. The summed E-state index contributed by atoms with van der Waals surface area (Å²) in [5.74, 6) is 2.11. The number of pyridine rings is 1. The molecule has 3 aromatic rings. The SMILES string of the molecule is COc1nccc(C)c1N1CCC(N2Cc3cn(C)nc3N(Cc3ccccc3C3CC3)C2=O)CC1. The van der Waals surface area contributed by atoms with Crippen molar-refractivity contribution in [3.8, 4) is 5.88 Å². The van der Waals surface area contributed by atoms with Crippen LogP contribution in [-0.2, 0) is 20.1 Å². The standard InChI is InChI=1S/C28H34N6O2/c1-19-10-13-29-27(36-3)25(19)32-14-11-23(12-15-32)33-18-22-16-31(2)30-26(22)34(28(33)35)17-21-6-4-5-7-24(21)20-8-9-20/h4-7,10,13,16,20,23H,8-9,11-12,14-15,17-18H2,1-3H3. The number of hydrogen-bond acceptors (Lipinski definition) is 5. The van der Waals surface area contributed by atoms with Crippen LogP contribution in [0.2, 0.25) is 0 Å². The first-order valence-electron chi connectivity index (χ1n) is 13.0. The molecule has 0 atom stereocenters. The van der Waals surface area contributed by atoms with E-state index in [-0.39, 0.29) is 12.1 Å². The molecule has 1 saturated heterocycles. The number of benzene rings is 1. The van der Waals surface area contributed by atoms with Gasteiger partial charge in [0.15, 0.2) is 5.82 Å². The van der Waals surface area contributed by atoms with Crippen LogP contribution >= 0.6 is 0 Å². The predicted octanol–water partition coefficient (Wildman–Crippen LogP) is 4.62. The largest absolute Gasteiger partial charge is 0.480 e. The first-order valence-corrected chi connectivity index (χ1v) is 13.0. The van der Waals surface area contributed by atoms with Crippen molar-refractivity contribution in [2.75, 3.05) is 30.0 Å². The van der Waals surface area contributed by atoms with Gasteiger partial charge in [-0.2, -0.15) is 5.10 Å². The highest BCUT2D eigenvalue weighted by molar-refractivity contribution is 5.94. The molecule has 1 saturated carbocycles. The number of carbonyl (C=O) groups is 1. The molecule has 2 amide bonds. The topological polar surface area (TPSA) is 66.7 Å². The summed E-state index contributed by atoms with van der Waals surface area (Å²) in [7, 11) is 3.61. The summed E-state index contributed by atoms with van der Waals surface area (Å²) < 4.78 is 7.38. The Morgan fingerprint density at radius 1 is 1.08 bits per heavy atom. The summed E-state index contributed by atoms with van der Waals surface area (Å²) in [5, 5.41) is 4.70. The van der Waals surface area contributed by atoms with Crippen molar-refractivity contribution >= 4 is 17.5 Å². The van der Waals surface area contributed by atoms with Crippen LogP contribution in [0.4, 0.5) is 16.3 Å². The van der Waals surface area contributed by atoms with E-state index in [0.717, 1.165) is 48.6 Å². The zero-order chi connectivity index (χ0) is 24.8. The van der Waals surface area contributed by atoms with Gasteiger partial charge in [0.05, 0.1) is 20.2 Å². The minimum atomic E-state index is 0.0698. The summed E-state index contributed by atoms with van der Waals surface area (Å²) >= 11 is 0. The Hall–Kier alpha value is -3.55. The Kier molecular flexibility index (Phi) is 5.82. The second kappa shape index (κ2) is 9.15. The number of piperidine rings is 1. The number of fused-ring (bicyclic) bond motifs is 1. The van der Waals surface area contributed by atoms with E-state index < -0.39 is 0 Å². The zero-order valence-electron chi connectivity index (χ0n) is 21.4. The number of hydrogen-bond donors (Lipinski definition) is 0. The highest BCUT2D eigenvalue weighted by atomic mass is 16.5. The average Bonchev–Trinajstić information content (AvgIpc) is 3.67. The van der Waals surface area contributed by atoms with Crippen molar-refractivity contribution in [2.24, 2.45) is 7.05 Å². The van der Waals surface area contributed by atoms with E-state index in [4.69, 9.17) is 9.84 Å². The molecule has 0 radical (unpaired) electrons. The molecule has 0 bridgehead atoms. The number of ether oxygens (including phenoxy) is 1. The number of rotatable bonds is 6. The molecule has 0 spiro atoms. The molecule has 6 rings (SSSR count). The lowest BCUT2D eigenvalue weighted by Gasteiger charge is -2.43. The van der Waals surface area contributed by atoms with Gasteiger partial charge in [0, 0.05) is 44.1 Å². The molecule has 36 heavy (non-hydrogen) atoms. The van der Waals surface area contributed by atoms with E-state index in [1.165, 1.54) is 24.0 Å². The molecule has 8 heteroatoms. The molecule has 8 nitrogen and oxygen atoms in total. The highest BCUT2D eigenvalue weighted by Crippen LogP contribution is 2.42. The molecular formula is C28H34N6O2. The fraction of sp³-hybridized carbons (Fsp3) is 0.464. The van der Waals surface area contributed by atoms with E-state index >= 15 is 0 Å². The first kappa shape index (κ1) is 22.9. The number of carbonyl (C=O) groups excluding carboxylic acids is 1. The van der Waals surface area contributed by atoms with Gasteiger partial charge in [0.1, 0.15) is 5.69 Å². The molecule has 2 aliphatic heterocycles. The van der Waals surface area contributed by atoms with Crippen LogP contribution in [0.15, 0.2) is 42.7 Å². The van der Waals surface area contributed by atoms with Crippen molar-refractivity contribution in [3.05, 3.63) is 65.0 Å². The molecule has 1 aliphatic carbocycles. The van der Waals surface area contributed by atoms with Crippen LogP contribution in [0.5, 0.6) is 5.88 Å². The van der Waals surface area contributed by atoms with E-state index in [2.05, 4.69) is 52.2 Å². The normalized spacial score (nSPS) is 18.5. The van der Waals surface area contributed by atoms with Crippen molar-refractivity contribution in [1.82, 2.24) is 19.7 Å². The molecule has 3 aliphatic rings. The lowest BCUT2D eigenvalue weighted by atomic mass is 9.99. The quantitative estimate of drug-likeness (QED) is 0.509. The van der Waals surface area contributed by atoms with Crippen LogP contribution in [0.25, 0.3) is 0 Å². The Bertz CT molecular complexity index is 1270. The van der Waals surface area contributed by atoms with Crippen LogP contribution < -0.4 is 14.5 Å². The summed E-state index contributed by atoms with van der Waals surface area (Å²) in [6.07, 6.45) is 8.15. The number of anilines is 2. The van der Waals surface area contributed by atoms with E-state index in [1.807, 2.05) is 22.7 Å². The highest BCUT2D eigenvalue weighted by Gasteiger charge is 2.39. The van der Waals surface area contributed by atoms with E-state index in [0.29, 0.717) is 24.9 Å². The fourth-order valence-corrected chi connectivity index (χ4v) is 5.89. The van der Waals surface area contributed by atoms with Gasteiger partial charge >= 0.3 is 6.03 Å². The van der Waals surface area contributed by atoms with Gasteiger partial charge in [0.2, 0.25) is 5.88 Å². The van der Waals surface area contributed by atoms with Gasteiger partial charge in [-0.05, 0) is 61.3 Å². The van der Waals surface area contributed by atoms with Gasteiger partial charge in [0.25, 0.3) is 0 Å². The van der Waals surface area contributed by atoms with Crippen molar-refractivity contribution in [2.45, 2.75) is 57.7 Å². The average molecular weight is 487 g/mol. The van der Waals surface area contributed by atoms with Crippen LogP contribution in [0.1, 0.15) is 53.9 Å². The van der Waals surface area contributed by atoms with Crippen LogP contribution in [-0.4, -0.2) is 51.9 Å². The third kappa shape index (κ3) is 4.08. The van der Waals surface area contributed by atoms with Crippen molar-refractivity contribution in [1.29, 1.82) is 0 Å². The number of aromatic nitrogens is 3. The number of aryl methyl sites for hydroxylation is 2. The monoisotopic (exact) mass is 486 g/mol. The lowest BCUT2D eigenvalue weighted by molar-refractivity contribution is 0.159. The maximum Gasteiger partial charge on any atom is 0.326 e. The molecule has 0 N–H and O–H groups in total. The maximum absolute atomic E-state index is 14.0. The van der Waals surface area contributed by atoms with Crippen LogP contribution in [0, 0.1) is 6.92 Å². The number of methoxy groups -OCH3 is 1. The van der Waals surface area contributed by atoms with Crippen LogP contribution in [0.3, 0.4) is 0 Å². The Balaban J connectivity index is 1.23. The lowest BCUT2D eigenvalue weighted by Crippen LogP contribution is -2.54. The minimum Gasteiger partial charge on any atom is -0.480 e. The molecular weight excluding hydrogens is 452 g/mol. The third-order valence-corrected chi connectivity index (χ3v) is 7.86. The molecule has 188 valence electrons. The molecule has 4 heterocycles. The summed E-state index contributed by atoms with van der Waals surface area (Å²) in [6, 6.07) is 10.9. The third-order valence-electron chi connectivity index (χ3n) is 7.86. The second-order valence-corrected chi connectivity index (χ2v) is 10.3. The van der Waals surface area contributed by atoms with E-state index in [1.54, 1.807) is 13.3 Å². The van der Waals surface area contributed by atoms with Gasteiger partial charge in [-0.3, -0.25) is 9.58 Å². The van der Waals surface area contributed by atoms with Gasteiger partial charge in [-0.15, -0.1) is 0 Å². The summed E-state index contributed by atoms with van der Waals surface area (Å²) in [6.45, 7) is 5.00. The fourth-order valence-electron chi connectivity index (χ4n) is 5.89. The molecule has 1 aromatic carbocycles. The zero-order valence-corrected chi connectivity index (χ0v) is 21.4. The van der Waals surface area contributed by atoms with Crippen molar-refractivity contribution in [3.63, 3.8) is 0 Å². The molecule has 2 aromatic heterocycles. The number of nitrogens with zero attached hydrogens (tertiary/aromatic N) is 6. The smallest absolute Gasteiger partial charge is 0.326 e. The van der Waals surface area contributed by atoms with Gasteiger partial charge < -0.3 is 14.5 Å². The minimum absolute atomic E-state index is 0.0698. The Labute approximate surface area is 212 Å². The molecule has 2 fully saturated rings. The number of urea groups is 1. The first-order chi connectivity index (χ1) is 17.5. The number of amides is 2. The predicted molar refractivity (Wildman–Crippen MR) is 140 cm³/mol. The Morgan fingerprint density at radius 3 is 2.61 bits per heavy atom. The maximum atomic E-state index is 14.0. The second-order valence-electron chi connectivity index (χ2n) is 10.3. The van der Waals surface area contributed by atoms with Crippen molar-refractivity contribution < 1.29 is 9.53 Å². The summed E-state index contributed by atoms with van der Waals surface area (Å²) in [4.78, 5) is 24.7.